The molecule has 3 fully saturated rings. The van der Waals surface area contributed by atoms with Crippen LogP contribution in [0.3, 0.4) is 0 Å². The van der Waals surface area contributed by atoms with Gasteiger partial charge in [0.1, 0.15) is 0 Å². The predicted molar refractivity (Wildman–Crippen MR) is 115 cm³/mol. The molecule has 2 saturated heterocycles. The van der Waals surface area contributed by atoms with Crippen LogP contribution in [-0.4, -0.2) is 72.3 Å². The normalized spacial score (nSPS) is 21.4. The van der Waals surface area contributed by atoms with Crippen LogP contribution in [0.5, 0.6) is 0 Å². The minimum Gasteiger partial charge on any atom is -0.339 e. The first-order chi connectivity index (χ1) is 14.1. The number of rotatable bonds is 7. The Morgan fingerprint density at radius 2 is 1.48 bits per heavy atom. The Kier molecular flexibility index (Phi) is 6.53. The summed E-state index contributed by atoms with van der Waals surface area (Å²) in [6.07, 6.45) is 6.23. The summed E-state index contributed by atoms with van der Waals surface area (Å²) in [5.74, 6) is 1.52. The van der Waals surface area contributed by atoms with Crippen LogP contribution in [-0.2, 0) is 9.59 Å². The average Bonchev–Trinajstić information content (AvgIpc) is 3.45. The first kappa shape index (κ1) is 20.4. The van der Waals surface area contributed by atoms with Crippen molar-refractivity contribution in [1.29, 1.82) is 0 Å². The van der Waals surface area contributed by atoms with Crippen molar-refractivity contribution < 1.29 is 9.59 Å². The number of carbonyl (C=O) groups excluding carboxylic acids is 2. The molecule has 1 unspecified atom stereocenters. The zero-order valence-corrected chi connectivity index (χ0v) is 17.8. The van der Waals surface area contributed by atoms with Crippen molar-refractivity contribution in [3.63, 3.8) is 0 Å². The van der Waals surface area contributed by atoms with Crippen molar-refractivity contribution >= 4 is 11.8 Å². The highest BCUT2D eigenvalue weighted by Crippen LogP contribution is 2.44. The van der Waals surface area contributed by atoms with E-state index < -0.39 is 0 Å². The van der Waals surface area contributed by atoms with E-state index in [2.05, 4.69) is 36.1 Å². The predicted octanol–water partition coefficient (Wildman–Crippen LogP) is 3.04. The first-order valence-corrected chi connectivity index (χ1v) is 11.4. The van der Waals surface area contributed by atoms with Crippen LogP contribution in [0, 0.1) is 12.8 Å². The van der Waals surface area contributed by atoms with E-state index in [9.17, 15) is 9.59 Å². The van der Waals surface area contributed by atoms with Gasteiger partial charge in [-0.2, -0.15) is 0 Å². The summed E-state index contributed by atoms with van der Waals surface area (Å²) in [7, 11) is 0. The van der Waals surface area contributed by atoms with Crippen molar-refractivity contribution in [3.05, 3.63) is 35.4 Å². The van der Waals surface area contributed by atoms with Gasteiger partial charge in [0.15, 0.2) is 0 Å². The van der Waals surface area contributed by atoms with Gasteiger partial charge in [0.05, 0.1) is 0 Å². The minimum absolute atomic E-state index is 0.250. The topological polar surface area (TPSA) is 43.9 Å². The number of aryl methyl sites for hydroxylation is 1. The van der Waals surface area contributed by atoms with E-state index in [-0.39, 0.29) is 11.8 Å². The smallest absolute Gasteiger partial charge is 0.223 e. The minimum atomic E-state index is 0.250. The summed E-state index contributed by atoms with van der Waals surface area (Å²) in [6.45, 7) is 7.99. The fraction of sp³-hybridized carbons (Fsp3) is 0.667. The molecule has 0 bridgehead atoms. The molecule has 1 atom stereocenters. The standard InChI is InChI=1S/C24H35N3O2/c1-19-4-6-20(7-5-19)22(21-8-9-21)18-24(29)27-16-14-26(15-17-27)23(28)10-13-25-11-2-3-12-25/h4-7,21-22H,2-3,8-18H2,1H3. The number of hydrogen-bond acceptors (Lipinski definition) is 3. The lowest BCUT2D eigenvalue weighted by Crippen LogP contribution is -2.51. The highest BCUT2D eigenvalue weighted by Gasteiger charge is 2.35. The number of hydrogen-bond donors (Lipinski definition) is 0. The van der Waals surface area contributed by atoms with E-state index in [1.165, 1.54) is 36.8 Å². The lowest BCUT2D eigenvalue weighted by molar-refractivity contribution is -0.140. The van der Waals surface area contributed by atoms with Crippen molar-refractivity contribution in [3.8, 4) is 0 Å². The second-order valence-electron chi connectivity index (χ2n) is 9.12. The SMILES string of the molecule is Cc1ccc(C(CC(=O)N2CCN(C(=O)CCN3CCCC3)CC2)C2CC2)cc1. The van der Waals surface area contributed by atoms with Crippen LogP contribution in [0.2, 0.25) is 0 Å². The van der Waals surface area contributed by atoms with E-state index in [4.69, 9.17) is 0 Å². The Labute approximate surface area is 175 Å². The van der Waals surface area contributed by atoms with Crippen LogP contribution >= 0.6 is 0 Å². The van der Waals surface area contributed by atoms with Crippen molar-refractivity contribution in [1.82, 2.24) is 14.7 Å². The maximum Gasteiger partial charge on any atom is 0.223 e. The van der Waals surface area contributed by atoms with Crippen molar-refractivity contribution in [2.75, 3.05) is 45.8 Å². The molecular formula is C24H35N3O2. The van der Waals surface area contributed by atoms with Crippen LogP contribution < -0.4 is 0 Å². The van der Waals surface area contributed by atoms with Gasteiger partial charge in [0, 0.05) is 45.6 Å². The highest BCUT2D eigenvalue weighted by atomic mass is 16.2. The van der Waals surface area contributed by atoms with Gasteiger partial charge in [-0.3, -0.25) is 9.59 Å². The second-order valence-corrected chi connectivity index (χ2v) is 9.12. The van der Waals surface area contributed by atoms with Crippen LogP contribution in [0.15, 0.2) is 24.3 Å². The van der Waals surface area contributed by atoms with Gasteiger partial charge in [-0.15, -0.1) is 0 Å². The maximum absolute atomic E-state index is 13.0. The Balaban J connectivity index is 1.24. The fourth-order valence-corrected chi connectivity index (χ4v) is 4.81. The molecule has 1 aliphatic carbocycles. The number of carbonyl (C=O) groups is 2. The van der Waals surface area contributed by atoms with Gasteiger partial charge in [0.2, 0.25) is 11.8 Å². The average molecular weight is 398 g/mol. The zero-order valence-electron chi connectivity index (χ0n) is 17.8. The largest absolute Gasteiger partial charge is 0.339 e. The highest BCUT2D eigenvalue weighted by molar-refractivity contribution is 5.79. The third-order valence-corrected chi connectivity index (χ3v) is 6.92. The molecule has 1 saturated carbocycles. The van der Waals surface area contributed by atoms with Gasteiger partial charge < -0.3 is 14.7 Å². The van der Waals surface area contributed by atoms with Gasteiger partial charge in [-0.05, 0) is 63.1 Å². The summed E-state index contributed by atoms with van der Waals surface area (Å²) in [5, 5.41) is 0. The molecule has 0 radical (unpaired) electrons. The molecule has 4 rings (SSSR count). The zero-order chi connectivity index (χ0) is 20.2. The molecule has 0 aromatic heterocycles. The van der Waals surface area contributed by atoms with E-state index >= 15 is 0 Å². The first-order valence-electron chi connectivity index (χ1n) is 11.4. The third-order valence-electron chi connectivity index (χ3n) is 6.92. The number of benzene rings is 1. The summed E-state index contributed by atoms with van der Waals surface area (Å²) < 4.78 is 0. The Morgan fingerprint density at radius 3 is 2.07 bits per heavy atom. The Hall–Kier alpha value is -1.88. The van der Waals surface area contributed by atoms with Crippen molar-refractivity contribution in [2.45, 2.75) is 51.4 Å². The monoisotopic (exact) mass is 397 g/mol. The molecule has 0 spiro atoms. The molecule has 2 aliphatic heterocycles. The Bertz CT molecular complexity index is 699. The van der Waals surface area contributed by atoms with Crippen LogP contribution in [0.4, 0.5) is 0 Å². The molecule has 158 valence electrons. The molecule has 2 heterocycles. The van der Waals surface area contributed by atoms with E-state index in [1.807, 2.05) is 9.80 Å². The molecule has 3 aliphatic rings. The third kappa shape index (κ3) is 5.39. The van der Waals surface area contributed by atoms with Crippen molar-refractivity contribution in [2.24, 2.45) is 5.92 Å². The van der Waals surface area contributed by atoms with Gasteiger partial charge >= 0.3 is 0 Å². The summed E-state index contributed by atoms with van der Waals surface area (Å²) in [5.41, 5.74) is 2.57. The fourth-order valence-electron chi connectivity index (χ4n) is 4.81. The molecule has 1 aromatic rings. The molecule has 5 heteroatoms. The van der Waals surface area contributed by atoms with Gasteiger partial charge in [-0.25, -0.2) is 0 Å². The molecular weight excluding hydrogens is 362 g/mol. The van der Waals surface area contributed by atoms with E-state index in [1.54, 1.807) is 0 Å². The van der Waals surface area contributed by atoms with Crippen LogP contribution in [0.1, 0.15) is 55.6 Å². The van der Waals surface area contributed by atoms with E-state index in [0.29, 0.717) is 50.9 Å². The molecule has 29 heavy (non-hydrogen) atoms. The van der Waals surface area contributed by atoms with Gasteiger partial charge in [-0.1, -0.05) is 29.8 Å². The summed E-state index contributed by atoms with van der Waals surface area (Å²) in [4.78, 5) is 31.8. The number of piperazine rings is 1. The number of likely N-dealkylation sites (tertiary alicyclic amines) is 1. The molecule has 0 N–H and O–H groups in total. The lowest BCUT2D eigenvalue weighted by Gasteiger charge is -2.36. The molecule has 2 amide bonds. The number of amides is 2. The number of nitrogens with zero attached hydrogens (tertiary/aromatic N) is 3. The van der Waals surface area contributed by atoms with Crippen LogP contribution in [0.25, 0.3) is 0 Å². The molecule has 1 aromatic carbocycles. The Morgan fingerprint density at radius 1 is 0.897 bits per heavy atom. The maximum atomic E-state index is 13.0. The lowest BCUT2D eigenvalue weighted by atomic mass is 9.90. The molecule has 5 nitrogen and oxygen atoms in total. The quantitative estimate of drug-likeness (QED) is 0.710. The second kappa shape index (κ2) is 9.29. The summed E-state index contributed by atoms with van der Waals surface area (Å²) >= 11 is 0. The summed E-state index contributed by atoms with van der Waals surface area (Å²) in [6, 6.07) is 8.70. The van der Waals surface area contributed by atoms with Gasteiger partial charge in [0.25, 0.3) is 0 Å². The van der Waals surface area contributed by atoms with E-state index in [0.717, 1.165) is 19.6 Å².